The Bertz CT molecular complexity index is 1470. The van der Waals surface area contributed by atoms with E-state index in [1.165, 1.54) is 12.0 Å². The van der Waals surface area contributed by atoms with Crippen LogP contribution in [0.25, 0.3) is 11.0 Å². The highest BCUT2D eigenvalue weighted by molar-refractivity contribution is 6.16. The maximum atomic E-state index is 13.8. The molecule has 0 radical (unpaired) electrons. The number of hydrogen-bond donors (Lipinski definition) is 1. The highest BCUT2D eigenvalue weighted by atomic mass is 16.5. The highest BCUT2D eigenvalue weighted by Crippen LogP contribution is 2.43. The summed E-state index contributed by atoms with van der Waals surface area (Å²) in [6.07, 6.45) is 5.15. The number of furan rings is 1. The number of ketones is 1. The molecule has 4 aromatic rings. The number of carbonyl (C=O) groups excluding carboxylic acids is 2. The molecule has 2 aromatic heterocycles. The van der Waals surface area contributed by atoms with E-state index in [9.17, 15) is 14.7 Å². The fraction of sp³-hybridized carbons (Fsp3) is 0.233. The summed E-state index contributed by atoms with van der Waals surface area (Å²) in [6.45, 7) is 2.78. The first-order valence-corrected chi connectivity index (χ1v) is 12.5. The Morgan fingerprint density at radius 2 is 1.87 bits per heavy atom. The molecule has 2 aromatic carbocycles. The third kappa shape index (κ3) is 4.72. The first kappa shape index (κ1) is 25.1. The summed E-state index contributed by atoms with van der Waals surface area (Å²) in [7, 11) is 1.54. The number of fused-ring (bicyclic) bond motifs is 1. The number of nitrogens with zero attached hydrogens (tertiary/aromatic N) is 2. The van der Waals surface area contributed by atoms with E-state index in [4.69, 9.17) is 13.9 Å². The van der Waals surface area contributed by atoms with Gasteiger partial charge in [0, 0.05) is 24.3 Å². The van der Waals surface area contributed by atoms with Gasteiger partial charge in [0.15, 0.2) is 23.0 Å². The number of aliphatic hydroxyl groups is 1. The summed E-state index contributed by atoms with van der Waals surface area (Å²) < 4.78 is 17.3. The van der Waals surface area contributed by atoms with Gasteiger partial charge in [-0.25, -0.2) is 0 Å². The minimum atomic E-state index is -0.880. The molecule has 0 bridgehead atoms. The zero-order valence-corrected chi connectivity index (χ0v) is 21.2. The van der Waals surface area contributed by atoms with Gasteiger partial charge in [-0.15, -0.1) is 0 Å². The summed E-state index contributed by atoms with van der Waals surface area (Å²) in [5, 5.41) is 11.8. The van der Waals surface area contributed by atoms with Crippen LogP contribution in [0.1, 0.15) is 47.5 Å². The lowest BCUT2D eigenvalue weighted by molar-refractivity contribution is -0.130. The summed E-state index contributed by atoms with van der Waals surface area (Å²) in [5.41, 5.74) is 1.89. The number of unbranched alkanes of at least 4 members (excludes halogenated alkanes) is 1. The molecule has 1 atom stereocenters. The standard InChI is InChI=1S/C30H28N2O6/c1-3-4-15-37-23-10-9-21(17-24(23)36-2)27-26(28(33)25-16-20-7-5-6-8-22(20)38-25)29(34)30(35)32(27)18-19-11-13-31-14-12-19/h5-14,16-17,27,34H,3-4,15,18H2,1-2H3. The Morgan fingerprint density at radius 3 is 2.61 bits per heavy atom. The molecule has 0 saturated carbocycles. The van der Waals surface area contributed by atoms with Gasteiger partial charge in [0.25, 0.3) is 5.91 Å². The molecule has 194 valence electrons. The number of Topliss-reactive ketones (excluding diaryl/α,β-unsaturated/α-hetero) is 1. The van der Waals surface area contributed by atoms with Gasteiger partial charge in [-0.05, 0) is 53.9 Å². The summed E-state index contributed by atoms with van der Waals surface area (Å²) in [4.78, 5) is 32.7. The summed E-state index contributed by atoms with van der Waals surface area (Å²) >= 11 is 0. The molecule has 0 saturated heterocycles. The molecule has 0 aliphatic carbocycles. The lowest BCUT2D eigenvalue weighted by Gasteiger charge is -2.27. The number of methoxy groups -OCH3 is 1. The van der Waals surface area contributed by atoms with E-state index in [1.54, 1.807) is 54.9 Å². The minimum Gasteiger partial charge on any atom is -0.503 e. The number of hydrogen-bond acceptors (Lipinski definition) is 7. The van der Waals surface area contributed by atoms with E-state index in [-0.39, 0.29) is 17.9 Å². The number of amides is 1. The smallest absolute Gasteiger partial charge is 0.290 e. The Hall–Kier alpha value is -4.59. The van der Waals surface area contributed by atoms with Crippen molar-refractivity contribution in [2.45, 2.75) is 32.4 Å². The molecule has 8 nitrogen and oxygen atoms in total. The predicted octanol–water partition coefficient (Wildman–Crippen LogP) is 5.79. The van der Waals surface area contributed by atoms with Crippen molar-refractivity contribution in [3.63, 3.8) is 0 Å². The fourth-order valence-corrected chi connectivity index (χ4v) is 4.61. The van der Waals surface area contributed by atoms with Crippen molar-refractivity contribution in [1.29, 1.82) is 0 Å². The molecule has 1 amide bonds. The van der Waals surface area contributed by atoms with Gasteiger partial charge in [0.05, 0.1) is 25.3 Å². The van der Waals surface area contributed by atoms with E-state index in [0.717, 1.165) is 23.8 Å². The van der Waals surface area contributed by atoms with Crippen LogP contribution >= 0.6 is 0 Å². The van der Waals surface area contributed by atoms with Crippen molar-refractivity contribution < 1.29 is 28.6 Å². The average Bonchev–Trinajstić information content (AvgIpc) is 3.49. The third-order valence-electron chi connectivity index (χ3n) is 6.56. The fourth-order valence-electron chi connectivity index (χ4n) is 4.61. The highest BCUT2D eigenvalue weighted by Gasteiger charge is 2.44. The second-order valence-corrected chi connectivity index (χ2v) is 9.04. The molecule has 1 aliphatic rings. The van der Waals surface area contributed by atoms with Crippen LogP contribution < -0.4 is 9.47 Å². The SMILES string of the molecule is CCCCOc1ccc(C2C(C(=O)c3cc4ccccc4o3)=C(O)C(=O)N2Cc2ccncc2)cc1OC. The average molecular weight is 513 g/mol. The van der Waals surface area contributed by atoms with Crippen LogP contribution in [0.15, 0.2) is 88.8 Å². The van der Waals surface area contributed by atoms with Crippen LogP contribution in [-0.2, 0) is 11.3 Å². The Morgan fingerprint density at radius 1 is 1.08 bits per heavy atom. The van der Waals surface area contributed by atoms with Crippen molar-refractivity contribution >= 4 is 22.7 Å². The quantitative estimate of drug-likeness (QED) is 0.212. The number of pyridine rings is 1. The monoisotopic (exact) mass is 512 g/mol. The Balaban J connectivity index is 1.58. The number of aliphatic hydroxyl groups excluding tert-OH is 1. The number of rotatable bonds is 10. The molecule has 5 rings (SSSR count). The molecular weight excluding hydrogens is 484 g/mol. The second-order valence-electron chi connectivity index (χ2n) is 9.04. The van der Waals surface area contributed by atoms with E-state index in [1.807, 2.05) is 18.2 Å². The first-order valence-electron chi connectivity index (χ1n) is 12.5. The Labute approximate surface area is 220 Å². The molecule has 1 aliphatic heterocycles. The molecule has 0 fully saturated rings. The van der Waals surface area contributed by atoms with Crippen LogP contribution in [0.4, 0.5) is 0 Å². The molecule has 38 heavy (non-hydrogen) atoms. The van der Waals surface area contributed by atoms with E-state index in [2.05, 4.69) is 11.9 Å². The summed E-state index contributed by atoms with van der Waals surface area (Å²) in [6, 6.07) is 16.8. The van der Waals surface area contributed by atoms with Crippen LogP contribution in [0.2, 0.25) is 0 Å². The number of ether oxygens (including phenoxy) is 2. The molecule has 1 N–H and O–H groups in total. The van der Waals surface area contributed by atoms with Gasteiger partial charge in [0.1, 0.15) is 5.58 Å². The van der Waals surface area contributed by atoms with Crippen molar-refractivity contribution in [3.05, 3.63) is 101 Å². The van der Waals surface area contributed by atoms with Crippen LogP contribution in [0, 0.1) is 0 Å². The molecule has 3 heterocycles. The zero-order valence-electron chi connectivity index (χ0n) is 21.2. The number of para-hydroxylation sites is 1. The first-order chi connectivity index (χ1) is 18.5. The maximum Gasteiger partial charge on any atom is 0.290 e. The molecule has 0 spiro atoms. The van der Waals surface area contributed by atoms with Crippen molar-refractivity contribution in [1.82, 2.24) is 9.88 Å². The molecule has 1 unspecified atom stereocenters. The number of carbonyl (C=O) groups is 2. The largest absolute Gasteiger partial charge is 0.503 e. The van der Waals surface area contributed by atoms with E-state index < -0.39 is 23.5 Å². The lowest BCUT2D eigenvalue weighted by Crippen LogP contribution is -2.30. The van der Waals surface area contributed by atoms with Gasteiger partial charge in [-0.1, -0.05) is 37.6 Å². The third-order valence-corrected chi connectivity index (χ3v) is 6.56. The van der Waals surface area contributed by atoms with Crippen molar-refractivity contribution in [2.24, 2.45) is 0 Å². The topological polar surface area (TPSA) is 102 Å². The van der Waals surface area contributed by atoms with Gasteiger partial charge >= 0.3 is 0 Å². The molecule has 8 heteroatoms. The van der Waals surface area contributed by atoms with Crippen LogP contribution in [0.5, 0.6) is 11.5 Å². The lowest BCUT2D eigenvalue weighted by atomic mass is 9.94. The van der Waals surface area contributed by atoms with Crippen LogP contribution in [0.3, 0.4) is 0 Å². The van der Waals surface area contributed by atoms with Gasteiger partial charge in [0.2, 0.25) is 5.78 Å². The Kier molecular flexibility index (Phi) is 7.13. The normalized spacial score (nSPS) is 15.4. The predicted molar refractivity (Wildman–Crippen MR) is 141 cm³/mol. The second kappa shape index (κ2) is 10.8. The zero-order chi connectivity index (χ0) is 26.6. The number of benzene rings is 2. The van der Waals surface area contributed by atoms with Crippen LogP contribution in [-0.4, -0.2) is 40.4 Å². The maximum absolute atomic E-state index is 13.8. The molecular formula is C30H28N2O6. The minimum absolute atomic E-state index is 0.0443. The van der Waals surface area contributed by atoms with E-state index in [0.29, 0.717) is 29.3 Å². The van der Waals surface area contributed by atoms with Gasteiger partial charge in [-0.2, -0.15) is 0 Å². The van der Waals surface area contributed by atoms with Gasteiger partial charge in [-0.3, -0.25) is 14.6 Å². The summed E-state index contributed by atoms with van der Waals surface area (Å²) in [5.74, 6) is -0.727. The number of aromatic nitrogens is 1. The van der Waals surface area contributed by atoms with Crippen molar-refractivity contribution in [2.75, 3.05) is 13.7 Å². The van der Waals surface area contributed by atoms with Gasteiger partial charge < -0.3 is 23.9 Å². The van der Waals surface area contributed by atoms with E-state index >= 15 is 0 Å². The van der Waals surface area contributed by atoms with Crippen molar-refractivity contribution in [3.8, 4) is 11.5 Å².